The molecule has 0 unspecified atom stereocenters. The SMILES string of the molecule is O=[N+]([O-])c1cccc(OP(O)Oc2cccc([N+](=O)[O-])c2)c1. The van der Waals surface area contributed by atoms with Gasteiger partial charge in [0, 0.05) is 12.1 Å². The van der Waals surface area contributed by atoms with Gasteiger partial charge in [-0.3, -0.25) is 20.2 Å². The smallest absolute Gasteiger partial charge is 0.418 e. The second-order valence-electron chi connectivity index (χ2n) is 3.93. The van der Waals surface area contributed by atoms with Crippen LogP contribution in [0.15, 0.2) is 48.5 Å². The van der Waals surface area contributed by atoms with Crippen LogP contribution in [0.5, 0.6) is 11.5 Å². The summed E-state index contributed by atoms with van der Waals surface area (Å²) in [5.74, 6) is 0.0986. The first-order valence-electron chi connectivity index (χ1n) is 5.79. The molecule has 9 nitrogen and oxygen atoms in total. The van der Waals surface area contributed by atoms with Gasteiger partial charge in [-0.1, -0.05) is 12.1 Å². The van der Waals surface area contributed by atoms with Crippen LogP contribution in [-0.2, 0) is 0 Å². The molecule has 2 rings (SSSR count). The van der Waals surface area contributed by atoms with Gasteiger partial charge in [0.25, 0.3) is 11.4 Å². The molecule has 0 bridgehead atoms. The summed E-state index contributed by atoms with van der Waals surface area (Å²) < 4.78 is 10.1. The van der Waals surface area contributed by atoms with E-state index in [2.05, 4.69) is 0 Å². The Kier molecular flexibility index (Phi) is 4.82. The Bertz CT molecular complexity index is 650. The Balaban J connectivity index is 2.05. The van der Waals surface area contributed by atoms with Gasteiger partial charge in [0.05, 0.1) is 22.0 Å². The van der Waals surface area contributed by atoms with Crippen molar-refractivity contribution in [3.05, 3.63) is 68.8 Å². The summed E-state index contributed by atoms with van der Waals surface area (Å²) in [6.07, 6.45) is 0. The summed E-state index contributed by atoms with van der Waals surface area (Å²) >= 11 is 0. The number of benzene rings is 2. The van der Waals surface area contributed by atoms with E-state index >= 15 is 0 Å². The van der Waals surface area contributed by atoms with Gasteiger partial charge in [-0.15, -0.1) is 0 Å². The van der Waals surface area contributed by atoms with Crippen molar-refractivity contribution < 1.29 is 23.8 Å². The van der Waals surface area contributed by atoms with Gasteiger partial charge in [0.2, 0.25) is 0 Å². The van der Waals surface area contributed by atoms with Gasteiger partial charge in [-0.2, -0.15) is 0 Å². The zero-order valence-corrected chi connectivity index (χ0v) is 11.8. The number of nitro benzene ring substituents is 2. The first kappa shape index (κ1) is 15.6. The number of rotatable bonds is 6. The van der Waals surface area contributed by atoms with Crippen LogP contribution in [-0.4, -0.2) is 14.7 Å². The summed E-state index contributed by atoms with van der Waals surface area (Å²) in [7, 11) is -2.44. The normalized spacial score (nSPS) is 10.3. The van der Waals surface area contributed by atoms with E-state index in [1.54, 1.807) is 0 Å². The number of hydrogen-bond donors (Lipinski definition) is 1. The first-order valence-corrected chi connectivity index (χ1v) is 6.92. The molecule has 0 spiro atoms. The molecule has 0 aliphatic rings. The monoisotopic (exact) mass is 324 g/mol. The maximum Gasteiger partial charge on any atom is 0.460 e. The molecule has 10 heteroatoms. The molecule has 0 atom stereocenters. The minimum Gasteiger partial charge on any atom is -0.418 e. The molecular formula is C12H9N2O7P. The zero-order valence-electron chi connectivity index (χ0n) is 10.9. The molecule has 1 N–H and O–H groups in total. The van der Waals surface area contributed by atoms with E-state index in [0.717, 1.165) is 12.1 Å². The van der Waals surface area contributed by atoms with Crippen molar-refractivity contribution in [3.63, 3.8) is 0 Å². The van der Waals surface area contributed by atoms with Gasteiger partial charge in [0.1, 0.15) is 11.5 Å². The summed E-state index contributed by atoms with van der Waals surface area (Å²) in [6.45, 7) is 0. The zero-order chi connectivity index (χ0) is 16.1. The second-order valence-corrected chi connectivity index (χ2v) is 4.77. The summed E-state index contributed by atoms with van der Waals surface area (Å²) in [5.41, 5.74) is -0.396. The third-order valence-corrected chi connectivity index (χ3v) is 3.16. The number of hydrogen-bond acceptors (Lipinski definition) is 7. The van der Waals surface area contributed by atoms with Crippen molar-refractivity contribution in [1.29, 1.82) is 0 Å². The molecule has 0 aliphatic carbocycles. The Morgan fingerprint density at radius 3 is 1.64 bits per heavy atom. The number of nitro groups is 2. The van der Waals surface area contributed by atoms with Crippen LogP contribution >= 0.6 is 8.60 Å². The van der Waals surface area contributed by atoms with Crippen molar-refractivity contribution in [2.45, 2.75) is 0 Å². The van der Waals surface area contributed by atoms with E-state index in [9.17, 15) is 25.1 Å². The largest absolute Gasteiger partial charge is 0.460 e. The third kappa shape index (κ3) is 4.11. The lowest BCUT2D eigenvalue weighted by Gasteiger charge is -2.11. The Morgan fingerprint density at radius 2 is 1.27 bits per heavy atom. The van der Waals surface area contributed by atoms with E-state index in [1.165, 1.54) is 36.4 Å². The second kappa shape index (κ2) is 6.79. The van der Waals surface area contributed by atoms with E-state index in [-0.39, 0.29) is 22.9 Å². The van der Waals surface area contributed by atoms with Crippen molar-refractivity contribution in [2.24, 2.45) is 0 Å². The van der Waals surface area contributed by atoms with Gasteiger partial charge >= 0.3 is 8.60 Å². The molecule has 2 aromatic carbocycles. The molecular weight excluding hydrogens is 315 g/mol. The van der Waals surface area contributed by atoms with E-state index in [1.807, 2.05) is 0 Å². The van der Waals surface area contributed by atoms with Crippen molar-refractivity contribution in [2.75, 3.05) is 0 Å². The predicted molar refractivity (Wildman–Crippen MR) is 76.6 cm³/mol. The van der Waals surface area contributed by atoms with Crippen LogP contribution < -0.4 is 9.05 Å². The summed E-state index contributed by atoms with van der Waals surface area (Å²) in [4.78, 5) is 29.7. The fourth-order valence-corrected chi connectivity index (χ4v) is 2.13. The molecule has 0 saturated heterocycles. The highest BCUT2D eigenvalue weighted by atomic mass is 31.2. The highest BCUT2D eigenvalue weighted by Crippen LogP contribution is 2.38. The van der Waals surface area contributed by atoms with Crippen molar-refractivity contribution in [3.8, 4) is 11.5 Å². The minimum absolute atomic E-state index is 0.0493. The molecule has 0 aliphatic heterocycles. The molecule has 0 aromatic heterocycles. The van der Waals surface area contributed by atoms with Crippen molar-refractivity contribution in [1.82, 2.24) is 0 Å². The Hall–Kier alpha value is -2.77. The molecule has 0 heterocycles. The third-order valence-electron chi connectivity index (χ3n) is 2.42. The van der Waals surface area contributed by atoms with Gasteiger partial charge in [-0.05, 0) is 12.1 Å². The van der Waals surface area contributed by atoms with E-state index in [0.29, 0.717) is 0 Å². The van der Waals surface area contributed by atoms with Gasteiger partial charge < -0.3 is 13.9 Å². The number of non-ortho nitro benzene ring substituents is 2. The highest BCUT2D eigenvalue weighted by molar-refractivity contribution is 7.41. The lowest BCUT2D eigenvalue weighted by atomic mass is 10.3. The van der Waals surface area contributed by atoms with Crippen LogP contribution in [0.3, 0.4) is 0 Å². The first-order chi connectivity index (χ1) is 10.5. The average Bonchev–Trinajstić information content (AvgIpc) is 2.47. The lowest BCUT2D eigenvalue weighted by molar-refractivity contribution is -0.385. The van der Waals surface area contributed by atoms with Crippen LogP contribution in [0.1, 0.15) is 0 Å². The average molecular weight is 324 g/mol. The quantitative estimate of drug-likeness (QED) is 0.491. The molecule has 0 saturated carbocycles. The topological polar surface area (TPSA) is 125 Å². The number of nitrogens with zero attached hydrogens (tertiary/aromatic N) is 2. The van der Waals surface area contributed by atoms with Crippen LogP contribution in [0, 0.1) is 20.2 Å². The van der Waals surface area contributed by atoms with Crippen LogP contribution in [0.2, 0.25) is 0 Å². The highest BCUT2D eigenvalue weighted by Gasteiger charge is 2.15. The molecule has 2 aromatic rings. The fraction of sp³-hybridized carbons (Fsp3) is 0. The van der Waals surface area contributed by atoms with E-state index in [4.69, 9.17) is 9.05 Å². The summed E-state index contributed by atoms with van der Waals surface area (Å²) in [5, 5.41) is 21.3. The van der Waals surface area contributed by atoms with Crippen LogP contribution in [0.4, 0.5) is 11.4 Å². The molecule has 0 amide bonds. The van der Waals surface area contributed by atoms with Crippen LogP contribution in [0.25, 0.3) is 0 Å². The maximum atomic E-state index is 10.6. The van der Waals surface area contributed by atoms with Gasteiger partial charge in [-0.25, -0.2) is 0 Å². The Morgan fingerprint density at radius 1 is 0.864 bits per heavy atom. The molecule has 22 heavy (non-hydrogen) atoms. The fourth-order valence-electron chi connectivity index (χ4n) is 1.51. The lowest BCUT2D eigenvalue weighted by Crippen LogP contribution is -1.96. The Labute approximate surface area is 125 Å². The predicted octanol–water partition coefficient (Wildman–Crippen LogP) is 3.18. The molecule has 0 fully saturated rings. The molecule has 0 radical (unpaired) electrons. The van der Waals surface area contributed by atoms with Gasteiger partial charge in [0.15, 0.2) is 0 Å². The van der Waals surface area contributed by atoms with Crippen molar-refractivity contribution >= 4 is 20.0 Å². The minimum atomic E-state index is -2.44. The maximum absolute atomic E-state index is 10.6. The summed E-state index contributed by atoms with van der Waals surface area (Å²) in [6, 6.07) is 10.4. The standard InChI is InChI=1S/C12H9N2O7P/c15-13(16)9-3-1-5-11(7-9)20-22(19)21-12-6-2-4-10(8-12)14(17)18/h1-8,19H. The molecule has 114 valence electrons. The van der Waals surface area contributed by atoms with E-state index < -0.39 is 18.4 Å².